The van der Waals surface area contributed by atoms with Crippen LogP contribution in [0.4, 0.5) is 0 Å². The SMILES string of the molecule is CCNC(=NCC(C)(C)NC(C)c1ccccc1)NC1CC2CCC1O2. The first-order valence-corrected chi connectivity index (χ1v) is 10.00. The lowest BCUT2D eigenvalue weighted by Crippen LogP contribution is -2.49. The Morgan fingerprint density at radius 2 is 2.04 bits per heavy atom. The number of guanidine groups is 1. The maximum Gasteiger partial charge on any atom is 0.191 e. The van der Waals surface area contributed by atoms with Crippen molar-refractivity contribution in [2.24, 2.45) is 4.99 Å². The number of hydrogen-bond donors (Lipinski definition) is 3. The molecule has 2 fully saturated rings. The van der Waals surface area contributed by atoms with Gasteiger partial charge in [-0.1, -0.05) is 30.3 Å². The fraction of sp³-hybridized carbons (Fsp3) is 0.667. The Labute approximate surface area is 158 Å². The zero-order chi connectivity index (χ0) is 18.6. The van der Waals surface area contributed by atoms with E-state index in [9.17, 15) is 0 Å². The second kappa shape index (κ2) is 8.40. The second-order valence-corrected chi connectivity index (χ2v) is 8.22. The highest BCUT2D eigenvalue weighted by Gasteiger charge is 2.41. The molecule has 3 N–H and O–H groups in total. The Kier molecular flexibility index (Phi) is 6.20. The van der Waals surface area contributed by atoms with Gasteiger partial charge in [-0.05, 0) is 52.5 Å². The van der Waals surface area contributed by atoms with Gasteiger partial charge in [0.15, 0.2) is 5.96 Å². The fourth-order valence-electron chi connectivity index (χ4n) is 4.02. The number of nitrogens with one attached hydrogen (secondary N) is 3. The van der Waals surface area contributed by atoms with Gasteiger partial charge in [-0.3, -0.25) is 4.99 Å². The van der Waals surface area contributed by atoms with E-state index in [0.29, 0.717) is 24.8 Å². The molecule has 2 bridgehead atoms. The van der Waals surface area contributed by atoms with Gasteiger partial charge in [0.2, 0.25) is 0 Å². The van der Waals surface area contributed by atoms with E-state index in [2.05, 4.69) is 74.0 Å². The molecule has 4 unspecified atom stereocenters. The highest BCUT2D eigenvalue weighted by Crippen LogP contribution is 2.34. The van der Waals surface area contributed by atoms with Gasteiger partial charge in [0.1, 0.15) is 0 Å². The summed E-state index contributed by atoms with van der Waals surface area (Å²) in [6.45, 7) is 10.3. The number of ether oxygens (including phenoxy) is 1. The molecule has 26 heavy (non-hydrogen) atoms. The minimum absolute atomic E-state index is 0.0945. The third-order valence-corrected chi connectivity index (χ3v) is 5.31. The van der Waals surface area contributed by atoms with Crippen LogP contribution < -0.4 is 16.0 Å². The molecule has 4 atom stereocenters. The molecule has 3 rings (SSSR count). The van der Waals surface area contributed by atoms with Crippen LogP contribution >= 0.6 is 0 Å². The zero-order valence-corrected chi connectivity index (χ0v) is 16.6. The molecule has 0 saturated carbocycles. The van der Waals surface area contributed by atoms with Gasteiger partial charge in [-0.2, -0.15) is 0 Å². The van der Waals surface area contributed by atoms with Crippen molar-refractivity contribution in [3.05, 3.63) is 35.9 Å². The molecular formula is C21H34N4O. The molecule has 0 amide bonds. The van der Waals surface area contributed by atoms with Gasteiger partial charge >= 0.3 is 0 Å². The summed E-state index contributed by atoms with van der Waals surface area (Å²) >= 11 is 0. The average molecular weight is 359 g/mol. The van der Waals surface area contributed by atoms with Crippen molar-refractivity contribution < 1.29 is 4.74 Å². The number of hydrogen-bond acceptors (Lipinski definition) is 3. The molecule has 0 aliphatic carbocycles. The van der Waals surface area contributed by atoms with Crippen LogP contribution in [0.3, 0.4) is 0 Å². The van der Waals surface area contributed by atoms with E-state index in [1.54, 1.807) is 0 Å². The largest absolute Gasteiger partial charge is 0.373 e. The van der Waals surface area contributed by atoms with Crippen molar-refractivity contribution in [1.29, 1.82) is 0 Å². The minimum Gasteiger partial charge on any atom is -0.373 e. The Balaban J connectivity index is 1.56. The quantitative estimate of drug-likeness (QED) is 0.518. The fourth-order valence-corrected chi connectivity index (χ4v) is 4.02. The Hall–Kier alpha value is -1.59. The van der Waals surface area contributed by atoms with Crippen LogP contribution in [0.2, 0.25) is 0 Å². The van der Waals surface area contributed by atoms with E-state index in [-0.39, 0.29) is 11.6 Å². The molecule has 2 saturated heterocycles. The topological polar surface area (TPSA) is 57.7 Å². The number of aliphatic imine (C=N–C) groups is 1. The number of benzene rings is 1. The summed E-state index contributed by atoms with van der Waals surface area (Å²) in [5, 5.41) is 10.7. The van der Waals surface area contributed by atoms with Crippen LogP contribution in [0, 0.1) is 0 Å². The third-order valence-electron chi connectivity index (χ3n) is 5.31. The van der Waals surface area contributed by atoms with Gasteiger partial charge in [-0.15, -0.1) is 0 Å². The summed E-state index contributed by atoms with van der Waals surface area (Å²) in [4.78, 5) is 4.86. The first kappa shape index (κ1) is 19.2. The molecule has 1 aromatic rings. The molecular weight excluding hydrogens is 324 g/mol. The van der Waals surface area contributed by atoms with E-state index in [1.807, 2.05) is 0 Å². The molecule has 5 heteroatoms. The lowest BCUT2D eigenvalue weighted by Gasteiger charge is -2.30. The van der Waals surface area contributed by atoms with E-state index in [4.69, 9.17) is 9.73 Å². The Bertz CT molecular complexity index is 601. The van der Waals surface area contributed by atoms with Crippen molar-refractivity contribution in [1.82, 2.24) is 16.0 Å². The van der Waals surface area contributed by atoms with Crippen molar-refractivity contribution in [3.63, 3.8) is 0 Å². The molecule has 0 aromatic heterocycles. The monoisotopic (exact) mass is 358 g/mol. The van der Waals surface area contributed by atoms with Crippen LogP contribution in [0.15, 0.2) is 35.3 Å². The highest BCUT2D eigenvalue weighted by atomic mass is 16.5. The van der Waals surface area contributed by atoms with Crippen LogP contribution in [0.5, 0.6) is 0 Å². The summed E-state index contributed by atoms with van der Waals surface area (Å²) in [6, 6.07) is 11.2. The molecule has 2 aliphatic rings. The van der Waals surface area contributed by atoms with Gasteiger partial charge in [0, 0.05) is 18.1 Å². The third kappa shape index (κ3) is 4.98. The van der Waals surface area contributed by atoms with Crippen LogP contribution in [0.1, 0.15) is 58.6 Å². The van der Waals surface area contributed by atoms with Crippen molar-refractivity contribution in [2.45, 2.75) is 76.8 Å². The molecule has 0 spiro atoms. The Morgan fingerprint density at radius 3 is 2.65 bits per heavy atom. The second-order valence-electron chi connectivity index (χ2n) is 8.22. The van der Waals surface area contributed by atoms with E-state index >= 15 is 0 Å². The molecule has 2 heterocycles. The first-order chi connectivity index (χ1) is 12.5. The number of rotatable bonds is 7. The van der Waals surface area contributed by atoms with E-state index in [1.165, 1.54) is 18.4 Å². The smallest absolute Gasteiger partial charge is 0.191 e. The lowest BCUT2D eigenvalue weighted by molar-refractivity contribution is 0.0992. The summed E-state index contributed by atoms with van der Waals surface area (Å²) in [5.41, 5.74) is 1.21. The normalized spacial score (nSPS) is 26.8. The van der Waals surface area contributed by atoms with E-state index in [0.717, 1.165) is 18.9 Å². The van der Waals surface area contributed by atoms with E-state index < -0.39 is 0 Å². The zero-order valence-electron chi connectivity index (χ0n) is 16.6. The number of nitrogens with zero attached hydrogens (tertiary/aromatic N) is 1. The first-order valence-electron chi connectivity index (χ1n) is 10.00. The van der Waals surface area contributed by atoms with Crippen LogP contribution in [-0.4, -0.2) is 42.8 Å². The summed E-state index contributed by atoms with van der Waals surface area (Å²) in [7, 11) is 0. The average Bonchev–Trinajstić information content (AvgIpc) is 3.23. The molecule has 1 aromatic carbocycles. The van der Waals surface area contributed by atoms with Crippen molar-refractivity contribution in [2.75, 3.05) is 13.1 Å². The molecule has 5 nitrogen and oxygen atoms in total. The maximum absolute atomic E-state index is 5.95. The molecule has 144 valence electrons. The summed E-state index contributed by atoms with van der Waals surface area (Å²) < 4.78 is 5.95. The van der Waals surface area contributed by atoms with Crippen molar-refractivity contribution in [3.8, 4) is 0 Å². The van der Waals surface area contributed by atoms with Crippen LogP contribution in [0.25, 0.3) is 0 Å². The molecule has 0 radical (unpaired) electrons. The number of fused-ring (bicyclic) bond motifs is 2. The van der Waals surface area contributed by atoms with Crippen LogP contribution in [-0.2, 0) is 4.74 Å². The summed E-state index contributed by atoms with van der Waals surface area (Å²) in [5.74, 6) is 0.899. The summed E-state index contributed by atoms with van der Waals surface area (Å²) in [6.07, 6.45) is 4.29. The van der Waals surface area contributed by atoms with Gasteiger partial charge in [-0.25, -0.2) is 0 Å². The Morgan fingerprint density at radius 1 is 1.27 bits per heavy atom. The lowest BCUT2D eigenvalue weighted by atomic mass is 9.96. The predicted molar refractivity (Wildman–Crippen MR) is 107 cm³/mol. The predicted octanol–water partition coefficient (Wildman–Crippen LogP) is 2.99. The highest BCUT2D eigenvalue weighted by molar-refractivity contribution is 5.80. The minimum atomic E-state index is -0.0945. The molecule has 2 aliphatic heterocycles. The van der Waals surface area contributed by atoms with Gasteiger partial charge < -0.3 is 20.7 Å². The van der Waals surface area contributed by atoms with Crippen molar-refractivity contribution >= 4 is 5.96 Å². The standard InChI is InChI=1S/C21H34N4O/c1-5-22-20(24-18-13-17-11-12-19(18)26-17)23-14-21(3,4)25-15(2)16-9-7-6-8-10-16/h6-10,15,17-19,25H,5,11-14H2,1-4H3,(H2,22,23,24). The van der Waals surface area contributed by atoms with Gasteiger partial charge in [0.25, 0.3) is 0 Å². The maximum atomic E-state index is 5.95. The van der Waals surface area contributed by atoms with Gasteiger partial charge in [0.05, 0.1) is 24.8 Å².